The molecule has 2 aromatic carbocycles. The van der Waals surface area contributed by atoms with Crippen LogP contribution in [0.1, 0.15) is 93.9 Å². The van der Waals surface area contributed by atoms with Crippen molar-refractivity contribution in [3.05, 3.63) is 95.3 Å². The van der Waals surface area contributed by atoms with Crippen LogP contribution in [-0.2, 0) is 0 Å². The van der Waals surface area contributed by atoms with Crippen LogP contribution in [0.5, 0.6) is 0 Å². The molecule has 0 spiro atoms. The van der Waals surface area contributed by atoms with Gasteiger partial charge in [0.1, 0.15) is 0 Å². The van der Waals surface area contributed by atoms with Crippen LogP contribution in [0, 0.1) is 23.7 Å². The lowest BCUT2D eigenvalue weighted by atomic mass is 9.62. The van der Waals surface area contributed by atoms with Gasteiger partial charge in [-0.15, -0.1) is 0 Å². The number of carbonyl (C=O) groups is 2. The monoisotopic (exact) mass is 632 g/mol. The molecule has 2 N–H and O–H groups in total. The lowest BCUT2D eigenvalue weighted by Gasteiger charge is -2.50. The molecule has 5 atom stereocenters. The summed E-state index contributed by atoms with van der Waals surface area (Å²) in [6.45, 7) is 12.6. The standard InChI is InChI=1S/C41H52N4O2/c1-27(2)11-10-12-28(3)17-18-44(40(46)35-25-42-37-15-8-6-13-33(35)37)19-20-45(39-30(5)23-31-21-29(4)22-32(39)24-31)41(47)36-26-43-38-16-9-7-14-34(36)38/h6-9,11,13-17,25-26,29-32,39,42-43H,10,12,18-24H2,1-5H3/b28-17+. The normalized spacial score (nSPS) is 22.7. The number of aromatic amines is 2. The molecule has 0 radical (unpaired) electrons. The molecule has 2 aromatic heterocycles. The highest BCUT2D eigenvalue weighted by atomic mass is 16.2. The Balaban J connectivity index is 1.32. The number of allylic oxidation sites excluding steroid dienone is 3. The molecule has 6 rings (SSSR count). The number of nitrogens with one attached hydrogen (secondary N) is 2. The Morgan fingerprint density at radius 1 is 0.787 bits per heavy atom. The van der Waals surface area contributed by atoms with Gasteiger partial charge >= 0.3 is 0 Å². The van der Waals surface area contributed by atoms with E-state index in [9.17, 15) is 9.59 Å². The molecule has 4 aromatic rings. The Kier molecular flexibility index (Phi) is 10.0. The summed E-state index contributed by atoms with van der Waals surface area (Å²) in [7, 11) is 0. The Morgan fingerprint density at radius 2 is 1.43 bits per heavy atom. The SMILES string of the molecule is CC(C)=CCC/C(C)=C/CN(CCN(C(=O)c1c[nH]c2ccccc12)C1C(C)CC2CC(C)CC1C2)C(=O)c1c[nH]c2ccccc12. The minimum Gasteiger partial charge on any atom is -0.360 e. The van der Waals surface area contributed by atoms with Gasteiger partial charge in [-0.3, -0.25) is 9.59 Å². The number of rotatable bonds is 11. The van der Waals surface area contributed by atoms with Crippen molar-refractivity contribution in [2.45, 2.75) is 79.2 Å². The molecule has 6 heteroatoms. The number of nitrogens with zero attached hydrogens (tertiary/aromatic N) is 2. The molecule has 2 amide bonds. The fraction of sp³-hybridized carbons (Fsp3) is 0.463. The van der Waals surface area contributed by atoms with Crippen molar-refractivity contribution in [3.8, 4) is 0 Å². The molecule has 2 aliphatic carbocycles. The fourth-order valence-corrected chi connectivity index (χ4v) is 8.63. The molecular formula is C41H52N4O2. The number of benzene rings is 2. The number of para-hydroxylation sites is 2. The van der Waals surface area contributed by atoms with Crippen molar-refractivity contribution in [3.63, 3.8) is 0 Å². The molecule has 248 valence electrons. The summed E-state index contributed by atoms with van der Waals surface area (Å²) in [5.41, 5.74) is 5.93. The van der Waals surface area contributed by atoms with Crippen molar-refractivity contribution < 1.29 is 9.59 Å². The number of H-pyrrole nitrogens is 2. The molecule has 0 aliphatic heterocycles. The van der Waals surface area contributed by atoms with Crippen LogP contribution >= 0.6 is 0 Å². The number of hydrogen-bond donors (Lipinski definition) is 2. The predicted molar refractivity (Wildman–Crippen MR) is 194 cm³/mol. The van der Waals surface area contributed by atoms with Crippen molar-refractivity contribution in [2.24, 2.45) is 23.7 Å². The highest BCUT2D eigenvalue weighted by molar-refractivity contribution is 6.08. The largest absolute Gasteiger partial charge is 0.360 e. The van der Waals surface area contributed by atoms with E-state index in [1.807, 2.05) is 65.8 Å². The Morgan fingerprint density at radius 3 is 2.09 bits per heavy atom. The van der Waals surface area contributed by atoms with E-state index in [4.69, 9.17) is 0 Å². The van der Waals surface area contributed by atoms with E-state index in [0.29, 0.717) is 43.0 Å². The zero-order valence-electron chi connectivity index (χ0n) is 28.9. The summed E-state index contributed by atoms with van der Waals surface area (Å²) in [4.78, 5) is 39.8. The Labute approximate surface area is 280 Å². The quantitative estimate of drug-likeness (QED) is 0.162. The average molecular weight is 633 g/mol. The third kappa shape index (κ3) is 7.27. The first-order valence-corrected chi connectivity index (χ1v) is 17.7. The molecule has 2 fully saturated rings. The molecular weight excluding hydrogens is 580 g/mol. The minimum absolute atomic E-state index is 0.00154. The summed E-state index contributed by atoms with van der Waals surface area (Å²) in [6.07, 6.45) is 15.0. The molecule has 2 saturated carbocycles. The first-order chi connectivity index (χ1) is 22.7. The number of carbonyl (C=O) groups excluding carboxylic acids is 2. The molecule has 2 aliphatic rings. The van der Waals surface area contributed by atoms with Crippen molar-refractivity contribution >= 4 is 33.6 Å². The van der Waals surface area contributed by atoms with E-state index < -0.39 is 0 Å². The van der Waals surface area contributed by atoms with E-state index in [-0.39, 0.29) is 17.9 Å². The third-order valence-electron chi connectivity index (χ3n) is 10.8. The van der Waals surface area contributed by atoms with E-state index in [2.05, 4.69) is 61.6 Å². The first kappa shape index (κ1) is 32.9. The summed E-state index contributed by atoms with van der Waals surface area (Å²) in [5.74, 6) is 2.40. The van der Waals surface area contributed by atoms with Crippen LogP contribution in [0.4, 0.5) is 0 Å². The van der Waals surface area contributed by atoms with Gasteiger partial charge in [-0.2, -0.15) is 0 Å². The maximum atomic E-state index is 14.7. The van der Waals surface area contributed by atoms with Crippen molar-refractivity contribution in [1.82, 2.24) is 19.8 Å². The van der Waals surface area contributed by atoms with Crippen molar-refractivity contribution in [1.29, 1.82) is 0 Å². The average Bonchev–Trinajstić information content (AvgIpc) is 3.67. The zero-order chi connectivity index (χ0) is 33.1. The van der Waals surface area contributed by atoms with Gasteiger partial charge in [0.2, 0.25) is 0 Å². The smallest absolute Gasteiger partial charge is 0.256 e. The van der Waals surface area contributed by atoms with Gasteiger partial charge in [-0.05, 0) is 95.1 Å². The molecule has 47 heavy (non-hydrogen) atoms. The Hall–Kier alpha value is -4.06. The molecule has 2 heterocycles. The highest BCUT2D eigenvalue weighted by Gasteiger charge is 2.44. The van der Waals surface area contributed by atoms with Gasteiger partial charge in [0.25, 0.3) is 11.8 Å². The predicted octanol–water partition coefficient (Wildman–Crippen LogP) is 9.39. The fourth-order valence-electron chi connectivity index (χ4n) is 8.63. The van der Waals surface area contributed by atoms with E-state index in [0.717, 1.165) is 59.0 Å². The molecule has 5 unspecified atom stereocenters. The van der Waals surface area contributed by atoms with Crippen LogP contribution in [0.25, 0.3) is 21.8 Å². The second kappa shape index (κ2) is 14.4. The zero-order valence-corrected chi connectivity index (χ0v) is 28.9. The van der Waals surface area contributed by atoms with Crippen LogP contribution in [-0.4, -0.2) is 57.3 Å². The highest BCUT2D eigenvalue weighted by Crippen LogP contribution is 2.47. The summed E-state index contributed by atoms with van der Waals surface area (Å²) >= 11 is 0. The maximum absolute atomic E-state index is 14.7. The third-order valence-corrected chi connectivity index (χ3v) is 10.8. The van der Waals surface area contributed by atoms with Gasteiger partial charge < -0.3 is 19.8 Å². The van der Waals surface area contributed by atoms with Gasteiger partial charge in [0.15, 0.2) is 0 Å². The van der Waals surface area contributed by atoms with Crippen LogP contribution in [0.3, 0.4) is 0 Å². The van der Waals surface area contributed by atoms with Gasteiger partial charge in [-0.1, -0.05) is 73.5 Å². The summed E-state index contributed by atoms with van der Waals surface area (Å²) in [5, 5.41) is 1.89. The molecule has 6 nitrogen and oxygen atoms in total. The van der Waals surface area contributed by atoms with Crippen LogP contribution in [0.2, 0.25) is 0 Å². The lowest BCUT2D eigenvalue weighted by Crippen LogP contribution is -2.55. The van der Waals surface area contributed by atoms with E-state index in [1.165, 1.54) is 24.0 Å². The van der Waals surface area contributed by atoms with Crippen molar-refractivity contribution in [2.75, 3.05) is 19.6 Å². The maximum Gasteiger partial charge on any atom is 0.256 e. The summed E-state index contributed by atoms with van der Waals surface area (Å²) < 4.78 is 0. The summed E-state index contributed by atoms with van der Waals surface area (Å²) in [6, 6.07) is 16.2. The topological polar surface area (TPSA) is 72.2 Å². The number of amides is 2. The van der Waals surface area contributed by atoms with Crippen LogP contribution < -0.4 is 0 Å². The second-order valence-electron chi connectivity index (χ2n) is 14.8. The van der Waals surface area contributed by atoms with E-state index >= 15 is 0 Å². The van der Waals surface area contributed by atoms with E-state index in [1.54, 1.807) is 0 Å². The number of hydrogen-bond acceptors (Lipinski definition) is 2. The van der Waals surface area contributed by atoms with Gasteiger partial charge in [-0.25, -0.2) is 0 Å². The first-order valence-electron chi connectivity index (χ1n) is 17.7. The molecule has 2 bridgehead atoms. The second-order valence-corrected chi connectivity index (χ2v) is 14.8. The van der Waals surface area contributed by atoms with Crippen LogP contribution in [0.15, 0.2) is 84.2 Å². The minimum atomic E-state index is -0.00154. The lowest BCUT2D eigenvalue weighted by molar-refractivity contribution is 0.0000512. The number of aromatic nitrogens is 2. The van der Waals surface area contributed by atoms with Gasteiger partial charge in [0.05, 0.1) is 11.1 Å². The van der Waals surface area contributed by atoms with Gasteiger partial charge in [0, 0.05) is 59.9 Å². The number of fused-ring (bicyclic) bond motifs is 4. The Bertz CT molecular complexity index is 1770. The molecule has 0 saturated heterocycles.